The molecule has 0 radical (unpaired) electrons. The van der Waals surface area contributed by atoms with Crippen LogP contribution in [-0.2, 0) is 10.2 Å². The van der Waals surface area contributed by atoms with E-state index in [4.69, 9.17) is 0 Å². The second-order valence-electron chi connectivity index (χ2n) is 7.50. The second-order valence-corrected chi connectivity index (χ2v) is 7.50. The summed E-state index contributed by atoms with van der Waals surface area (Å²) in [5, 5.41) is 5.89. The van der Waals surface area contributed by atoms with Crippen molar-refractivity contribution in [1.82, 2.24) is 10.6 Å². The van der Waals surface area contributed by atoms with E-state index in [9.17, 15) is 14.0 Å². The standard InChI is InChI=1S/C23H27FN2O2/c24-20-12-10-19(11-13-20)23(14-4-5-15-23)17-26-21(27)9-6-16-25-22(28)18-7-2-1-3-8-18/h1-3,7-8,10-13H,4-6,9,14-17H2,(H,25,28)(H,26,27). The molecule has 148 valence electrons. The van der Waals surface area contributed by atoms with Crippen molar-refractivity contribution < 1.29 is 14.0 Å². The Morgan fingerprint density at radius 3 is 2.29 bits per heavy atom. The zero-order valence-electron chi connectivity index (χ0n) is 16.0. The van der Waals surface area contributed by atoms with Crippen LogP contribution in [0.2, 0.25) is 0 Å². The van der Waals surface area contributed by atoms with Crippen LogP contribution < -0.4 is 10.6 Å². The maximum atomic E-state index is 13.3. The predicted molar refractivity (Wildman–Crippen MR) is 108 cm³/mol. The van der Waals surface area contributed by atoms with Crippen molar-refractivity contribution in [3.8, 4) is 0 Å². The Hall–Kier alpha value is -2.69. The van der Waals surface area contributed by atoms with Gasteiger partial charge in [0.2, 0.25) is 5.91 Å². The fourth-order valence-electron chi connectivity index (χ4n) is 3.92. The van der Waals surface area contributed by atoms with E-state index in [1.54, 1.807) is 12.1 Å². The summed E-state index contributed by atoms with van der Waals surface area (Å²) >= 11 is 0. The Morgan fingerprint density at radius 2 is 1.61 bits per heavy atom. The summed E-state index contributed by atoms with van der Waals surface area (Å²) in [6.45, 7) is 1.04. The van der Waals surface area contributed by atoms with E-state index in [0.29, 0.717) is 31.5 Å². The number of benzene rings is 2. The largest absolute Gasteiger partial charge is 0.355 e. The molecule has 0 heterocycles. The fourth-order valence-corrected chi connectivity index (χ4v) is 3.92. The molecule has 4 nitrogen and oxygen atoms in total. The molecule has 0 saturated heterocycles. The predicted octanol–water partition coefficient (Wildman–Crippen LogP) is 3.96. The molecule has 0 unspecified atom stereocenters. The smallest absolute Gasteiger partial charge is 0.251 e. The molecule has 2 aromatic carbocycles. The average Bonchev–Trinajstić information content (AvgIpc) is 3.21. The highest BCUT2D eigenvalue weighted by atomic mass is 19.1. The van der Waals surface area contributed by atoms with E-state index in [1.165, 1.54) is 12.1 Å². The van der Waals surface area contributed by atoms with E-state index in [-0.39, 0.29) is 23.0 Å². The SMILES string of the molecule is O=C(CCCNC(=O)c1ccccc1)NCC1(c2ccc(F)cc2)CCCC1. The number of halogens is 1. The van der Waals surface area contributed by atoms with E-state index < -0.39 is 0 Å². The molecule has 0 aromatic heterocycles. The highest BCUT2D eigenvalue weighted by Crippen LogP contribution is 2.40. The average molecular weight is 382 g/mol. The van der Waals surface area contributed by atoms with Crippen molar-refractivity contribution in [2.75, 3.05) is 13.1 Å². The number of hydrogen-bond donors (Lipinski definition) is 2. The van der Waals surface area contributed by atoms with Crippen LogP contribution in [0.5, 0.6) is 0 Å². The van der Waals surface area contributed by atoms with Gasteiger partial charge in [0.25, 0.3) is 5.91 Å². The first-order valence-electron chi connectivity index (χ1n) is 9.95. The van der Waals surface area contributed by atoms with Crippen LogP contribution >= 0.6 is 0 Å². The van der Waals surface area contributed by atoms with Gasteiger partial charge >= 0.3 is 0 Å². The summed E-state index contributed by atoms with van der Waals surface area (Å²) in [5.41, 5.74) is 1.63. The van der Waals surface area contributed by atoms with Gasteiger partial charge < -0.3 is 10.6 Å². The minimum Gasteiger partial charge on any atom is -0.355 e. The Balaban J connectivity index is 1.43. The maximum Gasteiger partial charge on any atom is 0.251 e. The summed E-state index contributed by atoms with van der Waals surface area (Å²) in [5.74, 6) is -0.372. The fraction of sp³-hybridized carbons (Fsp3) is 0.391. The van der Waals surface area contributed by atoms with Crippen LogP contribution in [0.25, 0.3) is 0 Å². The van der Waals surface area contributed by atoms with E-state index in [2.05, 4.69) is 10.6 Å². The van der Waals surface area contributed by atoms with Crippen LogP contribution in [-0.4, -0.2) is 24.9 Å². The molecule has 2 amide bonds. The molecule has 3 rings (SSSR count). The zero-order chi connectivity index (χ0) is 19.8. The minimum atomic E-state index is -0.238. The third-order valence-corrected chi connectivity index (χ3v) is 5.54. The number of rotatable bonds is 8. The van der Waals surface area contributed by atoms with Gasteiger partial charge in [-0.25, -0.2) is 4.39 Å². The van der Waals surface area contributed by atoms with Crippen LogP contribution in [0, 0.1) is 5.82 Å². The summed E-state index contributed by atoms with van der Waals surface area (Å²) in [6, 6.07) is 15.7. The summed E-state index contributed by atoms with van der Waals surface area (Å²) < 4.78 is 13.3. The number of carbonyl (C=O) groups excluding carboxylic acids is 2. The van der Waals surface area contributed by atoms with Crippen LogP contribution in [0.15, 0.2) is 54.6 Å². The molecule has 5 heteroatoms. The third kappa shape index (κ3) is 5.18. The van der Waals surface area contributed by atoms with Gasteiger partial charge in [0, 0.05) is 30.5 Å². The Morgan fingerprint density at radius 1 is 0.929 bits per heavy atom. The minimum absolute atomic E-state index is 0.0117. The van der Waals surface area contributed by atoms with Gasteiger partial charge in [0.05, 0.1) is 0 Å². The molecule has 1 saturated carbocycles. The number of carbonyl (C=O) groups is 2. The summed E-state index contributed by atoms with van der Waals surface area (Å²) in [6.07, 6.45) is 5.22. The molecule has 1 aliphatic carbocycles. The molecule has 0 spiro atoms. The lowest BCUT2D eigenvalue weighted by Crippen LogP contribution is -2.39. The Bertz CT molecular complexity index is 784. The van der Waals surface area contributed by atoms with Gasteiger partial charge in [-0.1, -0.05) is 43.2 Å². The van der Waals surface area contributed by atoms with Crippen molar-refractivity contribution >= 4 is 11.8 Å². The lowest BCUT2D eigenvalue weighted by Gasteiger charge is -2.30. The topological polar surface area (TPSA) is 58.2 Å². The molecule has 28 heavy (non-hydrogen) atoms. The van der Waals surface area contributed by atoms with Crippen LogP contribution in [0.3, 0.4) is 0 Å². The first-order valence-corrected chi connectivity index (χ1v) is 9.95. The van der Waals surface area contributed by atoms with Crippen LogP contribution in [0.4, 0.5) is 4.39 Å². The number of hydrogen-bond acceptors (Lipinski definition) is 2. The molecule has 0 atom stereocenters. The number of amides is 2. The molecule has 1 fully saturated rings. The first kappa shape index (κ1) is 20.1. The zero-order valence-corrected chi connectivity index (χ0v) is 16.0. The highest BCUT2D eigenvalue weighted by Gasteiger charge is 2.35. The van der Waals surface area contributed by atoms with Gasteiger partial charge in [0.1, 0.15) is 5.82 Å². The summed E-state index contributed by atoms with van der Waals surface area (Å²) in [4.78, 5) is 24.2. The second kappa shape index (κ2) is 9.49. The van der Waals surface area contributed by atoms with Gasteiger partial charge in [-0.15, -0.1) is 0 Å². The van der Waals surface area contributed by atoms with Gasteiger partial charge in [-0.05, 0) is 49.1 Å². The lowest BCUT2D eigenvalue weighted by atomic mass is 9.79. The monoisotopic (exact) mass is 382 g/mol. The number of nitrogens with one attached hydrogen (secondary N) is 2. The van der Waals surface area contributed by atoms with Crippen molar-refractivity contribution in [3.63, 3.8) is 0 Å². The van der Waals surface area contributed by atoms with E-state index in [0.717, 1.165) is 31.2 Å². The summed E-state index contributed by atoms with van der Waals surface area (Å²) in [7, 11) is 0. The Kier molecular flexibility index (Phi) is 6.80. The molecule has 2 aromatic rings. The molecule has 0 aliphatic heterocycles. The Labute approximate surface area is 165 Å². The first-order chi connectivity index (χ1) is 13.6. The molecular formula is C23H27FN2O2. The highest BCUT2D eigenvalue weighted by molar-refractivity contribution is 5.94. The van der Waals surface area contributed by atoms with Gasteiger partial charge in [0.15, 0.2) is 0 Å². The molecule has 1 aliphatic rings. The van der Waals surface area contributed by atoms with Crippen molar-refractivity contribution in [2.24, 2.45) is 0 Å². The van der Waals surface area contributed by atoms with Gasteiger partial charge in [-0.2, -0.15) is 0 Å². The van der Waals surface area contributed by atoms with E-state index >= 15 is 0 Å². The van der Waals surface area contributed by atoms with Crippen molar-refractivity contribution in [2.45, 2.75) is 43.9 Å². The lowest BCUT2D eigenvalue weighted by molar-refractivity contribution is -0.121. The normalized spacial score (nSPS) is 15.2. The van der Waals surface area contributed by atoms with Crippen molar-refractivity contribution in [3.05, 3.63) is 71.5 Å². The molecule has 2 N–H and O–H groups in total. The third-order valence-electron chi connectivity index (χ3n) is 5.54. The van der Waals surface area contributed by atoms with Crippen molar-refractivity contribution in [1.29, 1.82) is 0 Å². The van der Waals surface area contributed by atoms with E-state index in [1.807, 2.05) is 30.3 Å². The maximum absolute atomic E-state index is 13.3. The quantitative estimate of drug-likeness (QED) is 0.679. The van der Waals surface area contributed by atoms with Crippen LogP contribution in [0.1, 0.15) is 54.4 Å². The molecule has 0 bridgehead atoms. The van der Waals surface area contributed by atoms with Gasteiger partial charge in [-0.3, -0.25) is 9.59 Å². The molecular weight excluding hydrogens is 355 g/mol.